The summed E-state index contributed by atoms with van der Waals surface area (Å²) in [5.41, 5.74) is -1.90. The quantitative estimate of drug-likeness (QED) is 0.418. The van der Waals surface area contributed by atoms with E-state index in [-0.39, 0.29) is 53.1 Å². The van der Waals surface area contributed by atoms with Gasteiger partial charge in [-0.15, -0.1) is 0 Å². The van der Waals surface area contributed by atoms with Gasteiger partial charge in [0.1, 0.15) is 19.0 Å². The van der Waals surface area contributed by atoms with Gasteiger partial charge in [-0.1, -0.05) is 39.8 Å². The second-order valence-corrected chi connectivity index (χ2v) is 13.3. The zero-order valence-electron chi connectivity index (χ0n) is 24.2. The molecule has 0 radical (unpaired) electrons. The Morgan fingerprint density at radius 2 is 1.89 bits per heavy atom. The zero-order valence-corrected chi connectivity index (χ0v) is 24.2. The van der Waals surface area contributed by atoms with Crippen molar-refractivity contribution in [1.82, 2.24) is 10.2 Å². The second kappa shape index (κ2) is 10.5. The number of imide groups is 1. The molecule has 9 nitrogen and oxygen atoms in total. The Bertz CT molecular complexity index is 972. The van der Waals surface area contributed by atoms with Gasteiger partial charge in [0, 0.05) is 29.7 Å². The number of nitrogens with zero attached hydrogens (tertiary/aromatic N) is 2. The SMILES string of the molecule is CON=C[C@]1(C)C[C@@H](OC(=O)NC(=O)[C@H]2CN(C)CC[C@@H]2C)[C@@]2(C)C3C(=O)CCC3(CC[C@H]2C)[C@@H](C)[C@@H]1O. The topological polar surface area (TPSA) is 118 Å². The molecule has 4 fully saturated rings. The van der Waals surface area contributed by atoms with Gasteiger partial charge in [0.15, 0.2) is 0 Å². The average Bonchev–Trinajstić information content (AvgIpc) is 3.22. The molecule has 0 aromatic rings. The predicted octanol–water partition coefficient (Wildman–Crippen LogP) is 3.64. The molecular formula is C29H47N3O6. The predicted molar refractivity (Wildman–Crippen MR) is 143 cm³/mol. The van der Waals surface area contributed by atoms with E-state index in [4.69, 9.17) is 9.57 Å². The molecule has 2 unspecified atom stereocenters. The van der Waals surface area contributed by atoms with Crippen LogP contribution in [-0.4, -0.2) is 73.5 Å². The normalized spacial score (nSPS) is 45.7. The summed E-state index contributed by atoms with van der Waals surface area (Å²) in [5, 5.41) is 18.3. The van der Waals surface area contributed by atoms with Crippen molar-refractivity contribution in [2.24, 2.45) is 51.0 Å². The summed E-state index contributed by atoms with van der Waals surface area (Å²) < 4.78 is 6.17. The summed E-state index contributed by atoms with van der Waals surface area (Å²) in [4.78, 5) is 47.1. The van der Waals surface area contributed by atoms with Crippen LogP contribution in [-0.2, 0) is 19.2 Å². The highest BCUT2D eigenvalue weighted by atomic mass is 16.6. The van der Waals surface area contributed by atoms with E-state index in [0.29, 0.717) is 13.0 Å². The number of hydrogen-bond acceptors (Lipinski definition) is 8. The number of nitrogens with one attached hydrogen (secondary N) is 1. The highest BCUT2D eigenvalue weighted by Gasteiger charge is 2.68. The van der Waals surface area contributed by atoms with Crippen molar-refractivity contribution in [2.45, 2.75) is 85.4 Å². The van der Waals surface area contributed by atoms with Crippen molar-refractivity contribution in [2.75, 3.05) is 27.2 Å². The van der Waals surface area contributed by atoms with E-state index in [1.807, 2.05) is 20.9 Å². The molecule has 0 spiro atoms. The van der Waals surface area contributed by atoms with E-state index >= 15 is 0 Å². The number of ether oxygens (including phenoxy) is 1. The van der Waals surface area contributed by atoms with E-state index in [2.05, 4.69) is 36.1 Å². The van der Waals surface area contributed by atoms with Gasteiger partial charge >= 0.3 is 6.09 Å². The van der Waals surface area contributed by atoms with Crippen LogP contribution < -0.4 is 5.32 Å². The molecule has 3 saturated carbocycles. The van der Waals surface area contributed by atoms with E-state index in [1.54, 1.807) is 6.21 Å². The Balaban J connectivity index is 1.69. The number of alkyl carbamates (subject to hydrolysis) is 1. The number of carbonyl (C=O) groups excluding carboxylic acids is 3. The number of rotatable bonds is 4. The van der Waals surface area contributed by atoms with Crippen molar-refractivity contribution in [3.63, 3.8) is 0 Å². The molecule has 1 saturated heterocycles. The summed E-state index contributed by atoms with van der Waals surface area (Å²) in [7, 11) is 3.43. The Hall–Kier alpha value is -2.00. The maximum absolute atomic E-state index is 13.6. The molecule has 0 aromatic heterocycles. The maximum atomic E-state index is 13.6. The number of Topliss-reactive ketones (excluding diaryl/α,β-unsaturated/α-hetero) is 1. The Kier molecular flexibility index (Phi) is 8.03. The van der Waals surface area contributed by atoms with E-state index in [0.717, 1.165) is 32.2 Å². The molecule has 2 N–H and O–H groups in total. The van der Waals surface area contributed by atoms with Gasteiger partial charge in [-0.05, 0) is 68.9 Å². The van der Waals surface area contributed by atoms with E-state index in [1.165, 1.54) is 7.11 Å². The van der Waals surface area contributed by atoms with E-state index < -0.39 is 29.1 Å². The van der Waals surface area contributed by atoms with Crippen LogP contribution in [0.25, 0.3) is 0 Å². The average molecular weight is 534 g/mol. The molecule has 38 heavy (non-hydrogen) atoms. The third-order valence-corrected chi connectivity index (χ3v) is 11.3. The summed E-state index contributed by atoms with van der Waals surface area (Å²) >= 11 is 0. The summed E-state index contributed by atoms with van der Waals surface area (Å²) in [6.45, 7) is 11.7. The first-order chi connectivity index (χ1) is 17.8. The first-order valence-electron chi connectivity index (χ1n) is 14.3. The van der Waals surface area contributed by atoms with Crippen molar-refractivity contribution in [3.8, 4) is 0 Å². The third-order valence-electron chi connectivity index (χ3n) is 11.3. The van der Waals surface area contributed by atoms with Crippen LogP contribution in [0, 0.1) is 45.8 Å². The molecule has 1 heterocycles. The van der Waals surface area contributed by atoms with Crippen molar-refractivity contribution in [3.05, 3.63) is 0 Å². The zero-order chi connectivity index (χ0) is 28.0. The van der Waals surface area contributed by atoms with Gasteiger partial charge in [0.2, 0.25) is 5.91 Å². The lowest BCUT2D eigenvalue weighted by atomic mass is 9.44. The number of amides is 2. The summed E-state index contributed by atoms with van der Waals surface area (Å²) in [5.74, 6) is -0.643. The highest BCUT2D eigenvalue weighted by molar-refractivity contribution is 5.93. The monoisotopic (exact) mass is 533 g/mol. The van der Waals surface area contributed by atoms with E-state index in [9.17, 15) is 19.5 Å². The Labute approximate surface area is 227 Å². The van der Waals surface area contributed by atoms with Gasteiger partial charge in [-0.3, -0.25) is 14.9 Å². The molecule has 4 rings (SSSR count). The van der Waals surface area contributed by atoms with Crippen LogP contribution in [0.2, 0.25) is 0 Å². The second-order valence-electron chi connectivity index (χ2n) is 13.3. The molecule has 4 aliphatic rings. The largest absolute Gasteiger partial charge is 0.445 e. The Morgan fingerprint density at radius 3 is 2.58 bits per heavy atom. The van der Waals surface area contributed by atoms with Crippen LogP contribution in [0.3, 0.4) is 0 Å². The minimum atomic E-state index is -0.868. The third kappa shape index (κ3) is 4.67. The fraction of sp³-hybridized carbons (Fsp3) is 0.862. The Morgan fingerprint density at radius 1 is 1.18 bits per heavy atom. The molecule has 2 bridgehead atoms. The number of hydrogen-bond donors (Lipinski definition) is 2. The number of likely N-dealkylation sites (tertiary alicyclic amines) is 1. The van der Waals surface area contributed by atoms with Gasteiger partial charge in [0.05, 0.1) is 18.2 Å². The van der Waals surface area contributed by atoms with Crippen LogP contribution in [0.5, 0.6) is 0 Å². The fourth-order valence-electron chi connectivity index (χ4n) is 8.53. The summed E-state index contributed by atoms with van der Waals surface area (Å²) in [6, 6.07) is 0. The fourth-order valence-corrected chi connectivity index (χ4v) is 8.53. The molecule has 2 amide bonds. The van der Waals surface area contributed by atoms with Crippen molar-refractivity contribution in [1.29, 1.82) is 0 Å². The molecule has 0 aromatic carbocycles. The minimum Gasteiger partial charge on any atom is -0.445 e. The first kappa shape index (κ1) is 29.0. The minimum absolute atomic E-state index is 0.106. The lowest BCUT2D eigenvalue weighted by Gasteiger charge is -2.61. The van der Waals surface area contributed by atoms with Crippen molar-refractivity contribution >= 4 is 24.0 Å². The van der Waals surface area contributed by atoms with Crippen LogP contribution in [0.4, 0.5) is 4.79 Å². The highest BCUT2D eigenvalue weighted by Crippen LogP contribution is 2.67. The molecule has 3 aliphatic carbocycles. The van der Waals surface area contributed by atoms with Crippen LogP contribution >= 0.6 is 0 Å². The number of aliphatic hydroxyl groups excluding tert-OH is 1. The van der Waals surface area contributed by atoms with Crippen molar-refractivity contribution < 1.29 is 29.1 Å². The van der Waals surface area contributed by atoms with Crippen LogP contribution in [0.15, 0.2) is 5.16 Å². The van der Waals surface area contributed by atoms with Gasteiger partial charge in [-0.25, -0.2) is 4.79 Å². The smallest absolute Gasteiger partial charge is 0.414 e. The number of oxime groups is 1. The van der Waals surface area contributed by atoms with Gasteiger partial charge in [0.25, 0.3) is 0 Å². The number of ketones is 1. The number of piperidine rings is 1. The standard InChI is InChI=1S/C29H47N3O6/c1-17-10-13-32(6)15-20(17)25(35)31-26(36)38-22-14-27(4,16-30-37-7)24(34)19(3)29-11-8-18(2)28(22,5)23(29)21(33)9-12-29/h16-20,22-24,34H,8-15H2,1-7H3,(H,31,35,36)/t17-,18+,19-,20-,22+,23?,24-,27-,28-,29?/m0/s1. The first-order valence-corrected chi connectivity index (χ1v) is 14.3. The summed E-state index contributed by atoms with van der Waals surface area (Å²) in [6.07, 6.45) is 3.37. The van der Waals surface area contributed by atoms with Crippen LogP contribution in [0.1, 0.15) is 73.1 Å². The molecule has 9 heteroatoms. The van der Waals surface area contributed by atoms with Gasteiger partial charge < -0.3 is 19.6 Å². The lowest BCUT2D eigenvalue weighted by molar-refractivity contribution is -0.188. The van der Waals surface area contributed by atoms with Gasteiger partial charge in [-0.2, -0.15) is 0 Å². The molecule has 10 atom stereocenters. The lowest BCUT2D eigenvalue weighted by Crippen LogP contribution is -2.64. The number of aliphatic hydroxyl groups is 1. The number of carbonyl (C=O) groups is 3. The molecular weight excluding hydrogens is 486 g/mol. The maximum Gasteiger partial charge on any atom is 0.414 e. The molecule has 1 aliphatic heterocycles. The molecule has 214 valence electrons.